The van der Waals surface area contributed by atoms with Crippen LogP contribution in [0.4, 0.5) is 0 Å². The van der Waals surface area contributed by atoms with E-state index < -0.39 is 51.5 Å². The van der Waals surface area contributed by atoms with E-state index in [9.17, 15) is 14.4 Å². The van der Waals surface area contributed by atoms with E-state index in [0.29, 0.717) is 0 Å². The second-order valence-corrected chi connectivity index (χ2v) is 4.36. The molecule has 0 saturated heterocycles. The number of aliphatic carboxylic acids is 3. The van der Waals surface area contributed by atoms with Gasteiger partial charge in [0.05, 0.1) is 12.8 Å². The maximum atomic E-state index is 10.3. The molecular weight excluding hydrogens is 338 g/mol. The lowest BCUT2D eigenvalue weighted by molar-refractivity contribution is -0.170. The molecule has 0 spiro atoms. The third-order valence-corrected chi connectivity index (χ3v) is 1.29. The van der Waals surface area contributed by atoms with Crippen LogP contribution in [0.2, 0.25) is 0 Å². The van der Waals surface area contributed by atoms with Gasteiger partial charge in [-0.05, 0) is 0 Å². The third-order valence-electron chi connectivity index (χ3n) is 1.29. The van der Waals surface area contributed by atoms with Gasteiger partial charge in [0.1, 0.15) is 0 Å². The zero-order valence-corrected chi connectivity index (χ0v) is 11.4. The van der Waals surface area contributed by atoms with Gasteiger partial charge in [0, 0.05) is 0 Å². The lowest BCUT2D eigenvalue weighted by Gasteiger charge is -2.18. The molecule has 0 aliphatic heterocycles. The molecule has 0 aliphatic rings. The average molecular weight is 352 g/mol. The predicted octanol–water partition coefficient (Wildman–Crippen LogP) is -4.23. The molecule has 10 N–H and O–H groups in total. The number of carboxylic acid groups (broad SMARTS) is 3. The Kier molecular flexibility index (Phi) is 12.8. The molecule has 0 radical (unpaired) electrons. The Morgan fingerprint density at radius 3 is 1.14 bits per heavy atom. The van der Waals surface area contributed by atoms with Crippen LogP contribution in [0.3, 0.4) is 0 Å². The van der Waals surface area contributed by atoms with Gasteiger partial charge in [-0.1, -0.05) is 0 Å². The van der Waals surface area contributed by atoms with Crippen molar-refractivity contribution in [3.05, 3.63) is 0 Å². The van der Waals surface area contributed by atoms with Crippen molar-refractivity contribution in [1.29, 1.82) is 0 Å². The molecule has 130 valence electrons. The highest BCUT2D eigenvalue weighted by Gasteiger charge is 2.40. The van der Waals surface area contributed by atoms with Gasteiger partial charge in [-0.2, -0.15) is 0 Å². The van der Waals surface area contributed by atoms with Crippen LogP contribution in [0.1, 0.15) is 12.8 Å². The summed E-state index contributed by atoms with van der Waals surface area (Å²) in [5.41, 5.74) is -2.74. The first-order valence-electron chi connectivity index (χ1n) is 4.73. The van der Waals surface area contributed by atoms with Crippen LogP contribution in [0.5, 0.6) is 0 Å². The molecule has 16 heteroatoms. The zero-order valence-electron chi connectivity index (χ0n) is 10.5. The monoisotopic (exact) mass is 352 g/mol. The summed E-state index contributed by atoms with van der Waals surface area (Å²) >= 11 is 0. The smallest absolute Gasteiger partial charge is 0.481 e. The molecule has 0 fully saturated rings. The molecule has 0 aliphatic carbocycles. The molecular formula is C6H14BO14P. The molecule has 0 rings (SSSR count). The number of rotatable bonds is 5. The first-order chi connectivity index (χ1) is 9.51. The van der Waals surface area contributed by atoms with Gasteiger partial charge in [-0.15, -0.1) is 0 Å². The lowest BCUT2D eigenvalue weighted by Crippen LogP contribution is -2.42. The number of hydrogen-bond acceptors (Lipinski definition) is 8. The van der Waals surface area contributed by atoms with Gasteiger partial charge in [-0.3, -0.25) is 9.59 Å². The summed E-state index contributed by atoms with van der Waals surface area (Å²) in [4.78, 5) is 52.0. The van der Waals surface area contributed by atoms with Crippen molar-refractivity contribution in [2.45, 2.75) is 18.4 Å². The summed E-state index contributed by atoms with van der Waals surface area (Å²) < 4.78 is 8.88. The Hall–Kier alpha value is -1.58. The first-order valence-corrected chi connectivity index (χ1v) is 6.29. The van der Waals surface area contributed by atoms with Crippen molar-refractivity contribution in [1.82, 2.24) is 0 Å². The van der Waals surface area contributed by atoms with Crippen molar-refractivity contribution < 1.29 is 69.1 Å². The fourth-order valence-corrected chi connectivity index (χ4v) is 0.714. The standard InChI is InChI=1S/C6H8O7.BH3O3.H3O4P/c7-3(8)1-6(13,5(11)12)2-4(9)10;2-1(3)4;1-5(2,3)4/h13H,1-2H2,(H,7,8)(H,9,10)(H,11,12);2-4H;(H3,1,2,3,4). The molecule has 0 aromatic heterocycles. The van der Waals surface area contributed by atoms with Gasteiger partial charge in [0.25, 0.3) is 0 Å². The number of hydrogen-bond donors (Lipinski definition) is 10. The normalized spacial score (nSPS) is 10.3. The molecule has 0 aromatic carbocycles. The molecule has 0 heterocycles. The minimum atomic E-state index is -4.64. The van der Waals surface area contributed by atoms with Crippen LogP contribution in [-0.4, -0.2) is 81.0 Å². The molecule has 22 heavy (non-hydrogen) atoms. The van der Waals surface area contributed by atoms with Gasteiger partial charge in [-0.25, -0.2) is 9.36 Å². The molecule has 0 amide bonds. The first kappa shape index (κ1) is 25.4. The van der Waals surface area contributed by atoms with Crippen molar-refractivity contribution in [3.8, 4) is 0 Å². The van der Waals surface area contributed by atoms with E-state index in [0.717, 1.165) is 0 Å². The molecule has 0 atom stereocenters. The van der Waals surface area contributed by atoms with Crippen LogP contribution in [0.25, 0.3) is 0 Å². The van der Waals surface area contributed by atoms with Crippen molar-refractivity contribution in [3.63, 3.8) is 0 Å². The number of carboxylic acids is 3. The maximum absolute atomic E-state index is 10.3. The predicted molar refractivity (Wildman–Crippen MR) is 63.8 cm³/mol. The SMILES string of the molecule is O=C(O)CC(O)(CC(=O)O)C(=O)O.O=P(O)(O)O.OB(O)O. The fourth-order valence-electron chi connectivity index (χ4n) is 0.714. The number of aliphatic hydroxyl groups is 1. The highest BCUT2D eigenvalue weighted by molar-refractivity contribution is 7.45. The van der Waals surface area contributed by atoms with E-state index in [-0.39, 0.29) is 0 Å². The summed E-state index contributed by atoms with van der Waals surface area (Å²) in [5, 5.41) is 55.3. The Morgan fingerprint density at radius 2 is 1.05 bits per heavy atom. The van der Waals surface area contributed by atoms with Crippen LogP contribution in [-0.2, 0) is 18.9 Å². The van der Waals surface area contributed by atoms with Crippen molar-refractivity contribution in [2.24, 2.45) is 0 Å². The summed E-state index contributed by atoms with van der Waals surface area (Å²) in [6.45, 7) is 0. The maximum Gasteiger partial charge on any atom is 0.631 e. The van der Waals surface area contributed by atoms with Gasteiger partial charge in [0.15, 0.2) is 5.60 Å². The minimum Gasteiger partial charge on any atom is -0.481 e. The molecule has 0 bridgehead atoms. The Balaban J connectivity index is -0.000000330. The van der Waals surface area contributed by atoms with Crippen molar-refractivity contribution >= 4 is 33.1 Å². The number of carbonyl (C=O) groups is 3. The van der Waals surface area contributed by atoms with Gasteiger partial charge in [0.2, 0.25) is 0 Å². The van der Waals surface area contributed by atoms with E-state index in [1.165, 1.54) is 0 Å². The van der Waals surface area contributed by atoms with E-state index in [2.05, 4.69) is 0 Å². The fraction of sp³-hybridized carbons (Fsp3) is 0.500. The van der Waals surface area contributed by atoms with E-state index in [4.69, 9.17) is 54.7 Å². The Morgan fingerprint density at radius 1 is 0.864 bits per heavy atom. The Bertz CT molecular complexity index is 387. The van der Waals surface area contributed by atoms with Crippen LogP contribution < -0.4 is 0 Å². The van der Waals surface area contributed by atoms with Crippen LogP contribution in [0.15, 0.2) is 0 Å². The van der Waals surface area contributed by atoms with E-state index in [1.54, 1.807) is 0 Å². The van der Waals surface area contributed by atoms with E-state index >= 15 is 0 Å². The summed E-state index contributed by atoms with van der Waals surface area (Å²) in [6, 6.07) is 0. The molecule has 0 unspecified atom stereocenters. The minimum absolute atomic E-state index is 1.14. The highest BCUT2D eigenvalue weighted by Crippen LogP contribution is 2.25. The summed E-state index contributed by atoms with van der Waals surface area (Å²) in [5.74, 6) is -5.02. The third kappa shape index (κ3) is 26.9. The van der Waals surface area contributed by atoms with Crippen molar-refractivity contribution in [2.75, 3.05) is 0 Å². The molecule has 0 saturated carbocycles. The zero-order chi connectivity index (χ0) is 18.7. The van der Waals surface area contributed by atoms with Crippen LogP contribution >= 0.6 is 7.82 Å². The Labute approximate surface area is 121 Å². The summed E-state index contributed by atoms with van der Waals surface area (Å²) in [7, 11) is -6.81. The summed E-state index contributed by atoms with van der Waals surface area (Å²) in [6.07, 6.45) is -2.29. The quantitative estimate of drug-likeness (QED) is 0.166. The molecule has 0 aromatic rings. The second-order valence-electron chi connectivity index (χ2n) is 3.34. The van der Waals surface area contributed by atoms with Gasteiger partial charge >= 0.3 is 33.1 Å². The second kappa shape index (κ2) is 11.1. The molecule has 14 nitrogen and oxygen atoms in total. The van der Waals surface area contributed by atoms with Crippen LogP contribution in [0, 0.1) is 0 Å². The topological polar surface area (TPSA) is 271 Å². The highest BCUT2D eigenvalue weighted by atomic mass is 31.2. The van der Waals surface area contributed by atoms with Gasteiger partial charge < -0.3 is 50.2 Å². The average Bonchev–Trinajstić information content (AvgIpc) is 2.09. The lowest BCUT2D eigenvalue weighted by atomic mass is 9.96. The largest absolute Gasteiger partial charge is 0.631 e. The number of phosphoric acid groups is 1. The van der Waals surface area contributed by atoms with E-state index in [1.807, 2.05) is 0 Å².